The van der Waals surface area contributed by atoms with Crippen LogP contribution in [0.2, 0.25) is 0 Å². The van der Waals surface area contributed by atoms with Crippen molar-refractivity contribution in [3.8, 4) is 11.8 Å². The minimum absolute atomic E-state index is 0.00158. The fraction of sp³-hybridized carbons (Fsp3) is 0.273. The lowest BCUT2D eigenvalue weighted by atomic mass is 10.1. The second-order valence-electron chi connectivity index (χ2n) is 3.01. The molecule has 0 saturated heterocycles. The summed E-state index contributed by atoms with van der Waals surface area (Å²) >= 11 is 0. The highest BCUT2D eigenvalue weighted by atomic mass is 16.6. The maximum atomic E-state index is 10.7. The van der Waals surface area contributed by atoms with Crippen LogP contribution in [-0.4, -0.2) is 23.7 Å². The predicted octanol–water partition coefficient (Wildman–Crippen LogP) is 1.37. The zero-order valence-electron chi connectivity index (χ0n) is 8.86. The first-order chi connectivity index (χ1) is 7.69. The number of rotatable bonds is 3. The standard InChI is InChI=1S/C11H12N2O3/c1-12-10-6-5-9(4-2-3-7-14)8-11(10)13(15)16/h5-6,8,12,14H,3,7H2,1H3. The van der Waals surface area contributed by atoms with Gasteiger partial charge in [-0.15, -0.1) is 0 Å². The Bertz CT molecular complexity index is 446. The van der Waals surface area contributed by atoms with Crippen molar-refractivity contribution in [3.05, 3.63) is 33.9 Å². The van der Waals surface area contributed by atoms with Gasteiger partial charge in [-0.2, -0.15) is 0 Å². The average molecular weight is 220 g/mol. The minimum Gasteiger partial charge on any atom is -0.395 e. The number of nitro benzene ring substituents is 1. The van der Waals surface area contributed by atoms with Crippen LogP contribution in [0, 0.1) is 22.0 Å². The van der Waals surface area contributed by atoms with Crippen molar-refractivity contribution in [1.29, 1.82) is 0 Å². The van der Waals surface area contributed by atoms with Crippen LogP contribution in [0.5, 0.6) is 0 Å². The van der Waals surface area contributed by atoms with Crippen molar-refractivity contribution >= 4 is 11.4 Å². The topological polar surface area (TPSA) is 75.4 Å². The quantitative estimate of drug-likeness (QED) is 0.458. The predicted molar refractivity (Wildman–Crippen MR) is 61.2 cm³/mol. The number of aliphatic hydroxyl groups excluding tert-OH is 1. The van der Waals surface area contributed by atoms with E-state index in [0.29, 0.717) is 17.7 Å². The molecule has 0 aromatic heterocycles. The average Bonchev–Trinajstić information content (AvgIpc) is 2.29. The van der Waals surface area contributed by atoms with Crippen LogP contribution < -0.4 is 5.32 Å². The van der Waals surface area contributed by atoms with Gasteiger partial charge < -0.3 is 10.4 Å². The maximum Gasteiger partial charge on any atom is 0.293 e. The molecule has 1 aromatic rings. The van der Waals surface area contributed by atoms with Crippen LogP contribution in [-0.2, 0) is 0 Å². The Balaban J connectivity index is 3.04. The monoisotopic (exact) mass is 220 g/mol. The van der Waals surface area contributed by atoms with Crippen molar-refractivity contribution in [1.82, 2.24) is 0 Å². The fourth-order valence-corrected chi connectivity index (χ4v) is 1.19. The molecule has 0 aliphatic carbocycles. The SMILES string of the molecule is CNc1ccc(C#CCCO)cc1[N+](=O)[O-]. The fourth-order valence-electron chi connectivity index (χ4n) is 1.19. The van der Waals surface area contributed by atoms with Crippen molar-refractivity contribution in [2.75, 3.05) is 19.0 Å². The van der Waals surface area contributed by atoms with Crippen molar-refractivity contribution < 1.29 is 10.0 Å². The van der Waals surface area contributed by atoms with Crippen molar-refractivity contribution in [3.63, 3.8) is 0 Å². The normalized spacial score (nSPS) is 9.12. The van der Waals surface area contributed by atoms with Gasteiger partial charge in [-0.3, -0.25) is 10.1 Å². The molecule has 0 radical (unpaired) electrons. The molecular weight excluding hydrogens is 208 g/mol. The highest BCUT2D eigenvalue weighted by Crippen LogP contribution is 2.24. The molecule has 1 rings (SSSR count). The van der Waals surface area contributed by atoms with Crippen molar-refractivity contribution in [2.24, 2.45) is 0 Å². The van der Waals surface area contributed by atoms with E-state index in [9.17, 15) is 10.1 Å². The molecule has 0 saturated carbocycles. The summed E-state index contributed by atoms with van der Waals surface area (Å²) < 4.78 is 0. The molecule has 5 heteroatoms. The molecule has 84 valence electrons. The van der Waals surface area contributed by atoms with Gasteiger partial charge in [0.2, 0.25) is 0 Å². The van der Waals surface area contributed by atoms with Crippen LogP contribution in [0.1, 0.15) is 12.0 Å². The first kappa shape index (κ1) is 12.0. The summed E-state index contributed by atoms with van der Waals surface area (Å²) in [6.07, 6.45) is 0.363. The summed E-state index contributed by atoms with van der Waals surface area (Å²) in [4.78, 5) is 10.3. The molecule has 0 heterocycles. The molecule has 0 aliphatic rings. The number of nitrogens with one attached hydrogen (secondary N) is 1. The van der Waals surface area contributed by atoms with Gasteiger partial charge in [0, 0.05) is 25.1 Å². The molecule has 0 amide bonds. The van der Waals surface area contributed by atoms with Gasteiger partial charge in [-0.25, -0.2) is 0 Å². The van der Waals surface area contributed by atoms with E-state index < -0.39 is 4.92 Å². The molecule has 0 aliphatic heterocycles. The number of hydrogen-bond acceptors (Lipinski definition) is 4. The molecule has 5 nitrogen and oxygen atoms in total. The lowest BCUT2D eigenvalue weighted by Gasteiger charge is -2.01. The first-order valence-electron chi connectivity index (χ1n) is 4.75. The van der Waals surface area contributed by atoms with Gasteiger partial charge in [0.1, 0.15) is 5.69 Å². The van der Waals surface area contributed by atoms with Crippen LogP contribution in [0.25, 0.3) is 0 Å². The Hall–Kier alpha value is -2.06. The van der Waals surface area contributed by atoms with Crippen LogP contribution in [0.4, 0.5) is 11.4 Å². The Morgan fingerprint density at radius 1 is 1.56 bits per heavy atom. The van der Waals surface area contributed by atoms with Crippen LogP contribution in [0.15, 0.2) is 18.2 Å². The van der Waals surface area contributed by atoms with E-state index in [1.54, 1.807) is 19.2 Å². The van der Waals surface area contributed by atoms with Gasteiger partial charge in [0.05, 0.1) is 11.5 Å². The molecular formula is C11H12N2O3. The van der Waals surface area contributed by atoms with Gasteiger partial charge in [-0.05, 0) is 12.1 Å². The Morgan fingerprint density at radius 3 is 2.88 bits per heavy atom. The second-order valence-corrected chi connectivity index (χ2v) is 3.01. The maximum absolute atomic E-state index is 10.7. The third-order valence-electron chi connectivity index (χ3n) is 1.93. The highest BCUT2D eigenvalue weighted by Gasteiger charge is 2.12. The third-order valence-corrected chi connectivity index (χ3v) is 1.93. The number of hydrogen-bond donors (Lipinski definition) is 2. The summed E-state index contributed by atoms with van der Waals surface area (Å²) in [5, 5.41) is 22.0. The Labute approximate surface area is 93.3 Å². The minimum atomic E-state index is -0.455. The lowest BCUT2D eigenvalue weighted by Crippen LogP contribution is -1.96. The Kier molecular flexibility index (Phi) is 4.30. The molecule has 16 heavy (non-hydrogen) atoms. The van der Waals surface area contributed by atoms with E-state index in [1.165, 1.54) is 6.07 Å². The summed E-state index contributed by atoms with van der Waals surface area (Å²) in [6.45, 7) is -0.0102. The number of aliphatic hydroxyl groups is 1. The van der Waals surface area contributed by atoms with E-state index in [0.717, 1.165) is 0 Å². The smallest absolute Gasteiger partial charge is 0.293 e. The highest BCUT2D eigenvalue weighted by molar-refractivity contribution is 5.64. The Morgan fingerprint density at radius 2 is 2.31 bits per heavy atom. The van der Waals surface area contributed by atoms with E-state index in [2.05, 4.69) is 17.2 Å². The first-order valence-corrected chi connectivity index (χ1v) is 4.75. The van der Waals surface area contributed by atoms with Crippen LogP contribution in [0.3, 0.4) is 0 Å². The summed E-state index contributed by atoms with van der Waals surface area (Å²) in [5.41, 5.74) is 1.02. The van der Waals surface area contributed by atoms with Gasteiger partial charge in [0.15, 0.2) is 0 Å². The van der Waals surface area contributed by atoms with Crippen molar-refractivity contribution in [2.45, 2.75) is 6.42 Å². The summed E-state index contributed by atoms with van der Waals surface area (Å²) in [6, 6.07) is 4.72. The molecule has 0 fully saturated rings. The second kappa shape index (κ2) is 5.73. The number of nitrogens with zero attached hydrogens (tertiary/aromatic N) is 1. The van der Waals surface area contributed by atoms with Crippen LogP contribution >= 0.6 is 0 Å². The van der Waals surface area contributed by atoms with E-state index in [-0.39, 0.29) is 12.3 Å². The molecule has 0 atom stereocenters. The molecule has 0 unspecified atom stereocenters. The summed E-state index contributed by atoms with van der Waals surface area (Å²) in [7, 11) is 1.62. The van der Waals surface area contributed by atoms with E-state index in [4.69, 9.17) is 5.11 Å². The number of nitro groups is 1. The third kappa shape index (κ3) is 2.97. The molecule has 2 N–H and O–H groups in total. The molecule has 0 spiro atoms. The van der Waals surface area contributed by atoms with Gasteiger partial charge in [-0.1, -0.05) is 11.8 Å². The number of anilines is 1. The lowest BCUT2D eigenvalue weighted by molar-refractivity contribution is -0.384. The van der Waals surface area contributed by atoms with Gasteiger partial charge >= 0.3 is 0 Å². The van der Waals surface area contributed by atoms with Gasteiger partial charge in [0.25, 0.3) is 5.69 Å². The summed E-state index contributed by atoms with van der Waals surface area (Å²) in [5.74, 6) is 5.46. The van der Waals surface area contributed by atoms with E-state index in [1.807, 2.05) is 0 Å². The molecule has 1 aromatic carbocycles. The zero-order chi connectivity index (χ0) is 12.0. The molecule has 0 bridgehead atoms. The number of benzene rings is 1. The zero-order valence-corrected chi connectivity index (χ0v) is 8.86. The largest absolute Gasteiger partial charge is 0.395 e. The van der Waals surface area contributed by atoms with E-state index >= 15 is 0 Å².